The first-order chi connectivity index (χ1) is 9.49. The molecular weight excluding hydrogens is 401 g/mol. The van der Waals surface area contributed by atoms with Crippen molar-refractivity contribution in [2.24, 2.45) is 11.7 Å². The van der Waals surface area contributed by atoms with Crippen molar-refractivity contribution < 1.29 is 4.79 Å². The lowest BCUT2D eigenvalue weighted by molar-refractivity contribution is -0.117. The molecule has 4 nitrogen and oxygen atoms in total. The number of carbonyl (C=O) groups excluding carboxylic acids is 1. The van der Waals surface area contributed by atoms with Gasteiger partial charge in [0.05, 0.1) is 6.54 Å². The van der Waals surface area contributed by atoms with E-state index in [4.69, 9.17) is 5.73 Å². The van der Waals surface area contributed by atoms with Crippen molar-refractivity contribution in [3.63, 3.8) is 0 Å². The summed E-state index contributed by atoms with van der Waals surface area (Å²) in [4.78, 5) is 14.4. The quantitative estimate of drug-likeness (QED) is 0.732. The number of nitrogens with one attached hydrogen (secondary N) is 1. The third kappa shape index (κ3) is 5.09. The Kier molecular flexibility index (Phi) is 7.39. The lowest BCUT2D eigenvalue weighted by atomic mass is 10.1. The number of amides is 1. The van der Waals surface area contributed by atoms with Gasteiger partial charge in [-0.1, -0.05) is 0 Å². The molecule has 0 radical (unpaired) electrons. The third-order valence-electron chi connectivity index (χ3n) is 3.93. The monoisotopic (exact) mass is 423 g/mol. The maximum atomic E-state index is 12.2. The Bertz CT molecular complexity index is 498. The van der Waals surface area contributed by atoms with Gasteiger partial charge in [-0.3, -0.25) is 9.69 Å². The third-order valence-corrected chi connectivity index (χ3v) is 4.60. The number of hydrogen-bond acceptors (Lipinski definition) is 3. The summed E-state index contributed by atoms with van der Waals surface area (Å²) in [6, 6.07) is 6.48. The van der Waals surface area contributed by atoms with Crippen molar-refractivity contribution in [3.05, 3.63) is 27.3 Å². The molecule has 21 heavy (non-hydrogen) atoms. The SMILES string of the molecule is Cc1cc(I)ccc1NC(=O)CN1CC(CN)CC1C.Cl. The normalized spacial score (nSPS) is 21.9. The first kappa shape index (κ1) is 18.7. The molecule has 0 aromatic heterocycles. The molecule has 2 atom stereocenters. The Hall–Kier alpha value is -0.370. The molecule has 0 saturated carbocycles. The topological polar surface area (TPSA) is 58.4 Å². The molecule has 2 rings (SSSR count). The number of nitrogens with two attached hydrogens (primary N) is 1. The first-order valence-electron chi connectivity index (χ1n) is 6.99. The van der Waals surface area contributed by atoms with E-state index in [1.807, 2.05) is 19.1 Å². The van der Waals surface area contributed by atoms with E-state index >= 15 is 0 Å². The largest absolute Gasteiger partial charge is 0.330 e. The van der Waals surface area contributed by atoms with E-state index in [1.54, 1.807) is 0 Å². The fourth-order valence-corrected chi connectivity index (χ4v) is 3.40. The van der Waals surface area contributed by atoms with Crippen LogP contribution >= 0.6 is 35.0 Å². The molecule has 0 spiro atoms. The molecule has 6 heteroatoms. The van der Waals surface area contributed by atoms with Crippen molar-refractivity contribution >= 4 is 46.6 Å². The second-order valence-electron chi connectivity index (χ2n) is 5.62. The fourth-order valence-electron chi connectivity index (χ4n) is 2.75. The zero-order chi connectivity index (χ0) is 14.7. The van der Waals surface area contributed by atoms with E-state index in [0.29, 0.717) is 25.0 Å². The maximum absolute atomic E-state index is 12.2. The van der Waals surface area contributed by atoms with E-state index in [1.165, 1.54) is 3.57 Å². The fraction of sp³-hybridized carbons (Fsp3) is 0.533. The zero-order valence-corrected chi connectivity index (χ0v) is 15.4. The van der Waals surface area contributed by atoms with Crippen LogP contribution in [0.5, 0.6) is 0 Å². The Morgan fingerprint density at radius 3 is 2.81 bits per heavy atom. The number of aryl methyl sites for hydroxylation is 1. The molecule has 1 saturated heterocycles. The van der Waals surface area contributed by atoms with Crippen LogP contribution < -0.4 is 11.1 Å². The number of nitrogens with zero attached hydrogens (tertiary/aromatic N) is 1. The maximum Gasteiger partial charge on any atom is 0.238 e. The van der Waals surface area contributed by atoms with E-state index in [0.717, 1.165) is 24.2 Å². The number of likely N-dealkylation sites (tertiary alicyclic amines) is 1. The Labute approximate surface area is 146 Å². The van der Waals surface area contributed by atoms with Crippen molar-refractivity contribution in [2.45, 2.75) is 26.3 Å². The van der Waals surface area contributed by atoms with Crippen LogP contribution in [0, 0.1) is 16.4 Å². The van der Waals surface area contributed by atoms with Crippen LogP contribution in [0.4, 0.5) is 5.69 Å². The van der Waals surface area contributed by atoms with Gasteiger partial charge in [-0.05, 0) is 79.1 Å². The number of halogens is 2. The summed E-state index contributed by atoms with van der Waals surface area (Å²) < 4.78 is 1.18. The predicted molar refractivity (Wildman–Crippen MR) is 98.0 cm³/mol. The number of carbonyl (C=O) groups is 1. The highest BCUT2D eigenvalue weighted by atomic mass is 127. The second-order valence-corrected chi connectivity index (χ2v) is 6.87. The average molecular weight is 424 g/mol. The molecule has 1 amide bonds. The van der Waals surface area contributed by atoms with Gasteiger partial charge in [-0.2, -0.15) is 0 Å². The van der Waals surface area contributed by atoms with Gasteiger partial charge >= 0.3 is 0 Å². The van der Waals surface area contributed by atoms with Gasteiger partial charge in [0.15, 0.2) is 0 Å². The van der Waals surface area contributed by atoms with Crippen molar-refractivity contribution in [2.75, 3.05) is 25.0 Å². The number of benzene rings is 1. The van der Waals surface area contributed by atoms with Gasteiger partial charge < -0.3 is 11.1 Å². The Morgan fingerprint density at radius 2 is 2.24 bits per heavy atom. The molecule has 1 aromatic rings. The van der Waals surface area contributed by atoms with Crippen LogP contribution in [0.2, 0.25) is 0 Å². The van der Waals surface area contributed by atoms with Crippen molar-refractivity contribution in [1.82, 2.24) is 4.90 Å². The molecule has 118 valence electrons. The van der Waals surface area contributed by atoms with Gasteiger partial charge in [0.2, 0.25) is 5.91 Å². The molecule has 1 heterocycles. The summed E-state index contributed by atoms with van der Waals surface area (Å²) in [6.07, 6.45) is 1.09. The van der Waals surface area contributed by atoms with Crippen molar-refractivity contribution in [1.29, 1.82) is 0 Å². The molecule has 0 bridgehead atoms. The van der Waals surface area contributed by atoms with E-state index in [-0.39, 0.29) is 18.3 Å². The number of rotatable bonds is 4. The van der Waals surface area contributed by atoms with Gasteiger partial charge in [0.25, 0.3) is 0 Å². The molecule has 2 unspecified atom stereocenters. The molecule has 0 aliphatic carbocycles. The van der Waals surface area contributed by atoms with Crippen LogP contribution in [-0.2, 0) is 4.79 Å². The standard InChI is InChI=1S/C15H22IN3O.ClH/c1-10-5-13(16)3-4-14(10)18-15(20)9-19-8-12(7-17)6-11(19)2;/h3-5,11-12H,6-9,17H2,1-2H3,(H,18,20);1H. The molecule has 1 aliphatic heterocycles. The summed E-state index contributed by atoms with van der Waals surface area (Å²) in [5, 5.41) is 3.00. The van der Waals surface area contributed by atoms with Crippen LogP contribution in [-0.4, -0.2) is 36.5 Å². The highest BCUT2D eigenvalue weighted by molar-refractivity contribution is 14.1. The minimum absolute atomic E-state index is 0. The van der Waals surface area contributed by atoms with Crippen LogP contribution in [0.25, 0.3) is 0 Å². The van der Waals surface area contributed by atoms with Crippen molar-refractivity contribution in [3.8, 4) is 0 Å². The van der Waals surface area contributed by atoms with E-state index in [2.05, 4.69) is 45.8 Å². The van der Waals surface area contributed by atoms with Gasteiger partial charge in [-0.15, -0.1) is 12.4 Å². The molecule has 1 aliphatic rings. The lowest BCUT2D eigenvalue weighted by Gasteiger charge is -2.20. The van der Waals surface area contributed by atoms with Crippen LogP contribution in [0.1, 0.15) is 18.9 Å². The summed E-state index contributed by atoms with van der Waals surface area (Å²) >= 11 is 2.27. The zero-order valence-electron chi connectivity index (χ0n) is 12.4. The highest BCUT2D eigenvalue weighted by Crippen LogP contribution is 2.22. The first-order valence-corrected chi connectivity index (χ1v) is 8.07. The second kappa shape index (κ2) is 8.31. The molecule has 1 aromatic carbocycles. The van der Waals surface area contributed by atoms with Gasteiger partial charge in [0.1, 0.15) is 0 Å². The summed E-state index contributed by atoms with van der Waals surface area (Å²) in [5.41, 5.74) is 7.72. The smallest absolute Gasteiger partial charge is 0.238 e. The van der Waals surface area contributed by atoms with Gasteiger partial charge in [-0.25, -0.2) is 0 Å². The summed E-state index contributed by atoms with van der Waals surface area (Å²) in [5.74, 6) is 0.580. The van der Waals surface area contributed by atoms with E-state index in [9.17, 15) is 4.79 Å². The minimum atomic E-state index is 0. The van der Waals surface area contributed by atoms with Gasteiger partial charge in [0, 0.05) is 21.8 Å². The number of anilines is 1. The minimum Gasteiger partial charge on any atom is -0.330 e. The predicted octanol–water partition coefficient (Wildman–Crippen LogP) is 2.63. The molecule has 1 fully saturated rings. The molecular formula is C15H23ClIN3O. The Morgan fingerprint density at radius 1 is 1.52 bits per heavy atom. The lowest BCUT2D eigenvalue weighted by Crippen LogP contribution is -2.36. The average Bonchev–Trinajstić information content (AvgIpc) is 2.74. The summed E-state index contributed by atoms with van der Waals surface area (Å²) in [7, 11) is 0. The summed E-state index contributed by atoms with van der Waals surface area (Å²) in [6.45, 7) is 6.26. The number of hydrogen-bond donors (Lipinski definition) is 2. The van der Waals surface area contributed by atoms with Crippen LogP contribution in [0.15, 0.2) is 18.2 Å². The van der Waals surface area contributed by atoms with E-state index < -0.39 is 0 Å². The Balaban J connectivity index is 0.00000220. The highest BCUT2D eigenvalue weighted by Gasteiger charge is 2.29. The van der Waals surface area contributed by atoms with Crippen LogP contribution in [0.3, 0.4) is 0 Å². The molecule has 3 N–H and O–H groups in total.